The Balaban J connectivity index is 1.17. The highest BCUT2D eigenvalue weighted by Gasteiger charge is 2.33. The molecule has 0 bridgehead atoms. The minimum absolute atomic E-state index is 0.0497. The van der Waals surface area contributed by atoms with E-state index in [0.717, 1.165) is 54.8 Å². The summed E-state index contributed by atoms with van der Waals surface area (Å²) < 4.78 is 7.52. The zero-order valence-electron chi connectivity index (χ0n) is 20.9. The van der Waals surface area contributed by atoms with Crippen LogP contribution in [0.3, 0.4) is 0 Å². The topological polar surface area (TPSA) is 67.4 Å². The third kappa shape index (κ3) is 4.24. The molecule has 2 aliphatic rings. The molecule has 36 heavy (non-hydrogen) atoms. The molecule has 0 spiro atoms. The number of likely N-dealkylation sites (N-methyl/N-ethyl adjacent to an activating group) is 1. The van der Waals surface area contributed by atoms with E-state index in [9.17, 15) is 4.79 Å². The number of amides is 1. The number of aryl methyl sites for hydroxylation is 1. The Hall–Kier alpha value is -3.71. The molecule has 0 radical (unpaired) electrons. The first-order valence-electron chi connectivity index (χ1n) is 12.7. The van der Waals surface area contributed by atoms with Crippen LogP contribution in [-0.4, -0.2) is 50.3 Å². The summed E-state index contributed by atoms with van der Waals surface area (Å²) in [7, 11) is 4.09. The molecule has 0 N–H and O–H groups in total. The van der Waals surface area contributed by atoms with Crippen LogP contribution in [0.4, 0.5) is 0 Å². The van der Waals surface area contributed by atoms with Gasteiger partial charge in [0.15, 0.2) is 11.5 Å². The molecule has 0 saturated heterocycles. The molecule has 1 amide bonds. The second kappa shape index (κ2) is 9.39. The first-order valence-corrected chi connectivity index (χ1v) is 12.7. The van der Waals surface area contributed by atoms with Crippen LogP contribution in [0.2, 0.25) is 0 Å². The Morgan fingerprint density at radius 1 is 1.08 bits per heavy atom. The van der Waals surface area contributed by atoms with E-state index in [2.05, 4.69) is 35.3 Å². The van der Waals surface area contributed by atoms with E-state index in [-0.39, 0.29) is 5.91 Å². The molecule has 7 nitrogen and oxygen atoms in total. The molecule has 6 rings (SSSR count). The zero-order chi connectivity index (χ0) is 24.6. The minimum atomic E-state index is 0.0497. The molecule has 0 fully saturated rings. The molecule has 1 aliphatic heterocycles. The van der Waals surface area contributed by atoms with Gasteiger partial charge in [-0.2, -0.15) is 5.10 Å². The van der Waals surface area contributed by atoms with Crippen LogP contribution >= 0.6 is 0 Å². The van der Waals surface area contributed by atoms with Crippen molar-refractivity contribution in [2.45, 2.75) is 44.8 Å². The SMILES string of the molecule is CN(Cc1cc(-c2ccccc2)on1)C1CCc2c(c(C(=O)N3CCc4ccccc4C3)nn2C)C1. The maximum atomic E-state index is 13.6. The monoisotopic (exact) mass is 481 g/mol. The fourth-order valence-corrected chi connectivity index (χ4v) is 5.65. The van der Waals surface area contributed by atoms with Crippen molar-refractivity contribution in [3.63, 3.8) is 0 Å². The number of aromatic nitrogens is 3. The largest absolute Gasteiger partial charge is 0.356 e. The van der Waals surface area contributed by atoms with Crippen LogP contribution in [0.15, 0.2) is 65.2 Å². The van der Waals surface area contributed by atoms with Crippen molar-refractivity contribution in [3.05, 3.63) is 94.4 Å². The van der Waals surface area contributed by atoms with E-state index in [1.54, 1.807) is 0 Å². The molecule has 3 heterocycles. The van der Waals surface area contributed by atoms with E-state index >= 15 is 0 Å². The summed E-state index contributed by atoms with van der Waals surface area (Å²) >= 11 is 0. The van der Waals surface area contributed by atoms with Gasteiger partial charge in [-0.25, -0.2) is 0 Å². The van der Waals surface area contributed by atoms with Gasteiger partial charge in [0.05, 0.1) is 5.69 Å². The Morgan fingerprint density at radius 3 is 2.69 bits per heavy atom. The van der Waals surface area contributed by atoms with Gasteiger partial charge in [-0.05, 0) is 43.9 Å². The molecule has 184 valence electrons. The Morgan fingerprint density at radius 2 is 1.86 bits per heavy atom. The highest BCUT2D eigenvalue weighted by molar-refractivity contribution is 5.94. The molecule has 1 aliphatic carbocycles. The predicted molar refractivity (Wildman–Crippen MR) is 137 cm³/mol. The van der Waals surface area contributed by atoms with Crippen LogP contribution in [0, 0.1) is 0 Å². The first-order chi connectivity index (χ1) is 17.6. The molecular formula is C29H31N5O2. The minimum Gasteiger partial charge on any atom is -0.356 e. The number of hydrogen-bond acceptors (Lipinski definition) is 5. The van der Waals surface area contributed by atoms with Crippen LogP contribution in [0.5, 0.6) is 0 Å². The average molecular weight is 482 g/mol. The third-order valence-corrected chi connectivity index (χ3v) is 7.70. The number of nitrogens with zero attached hydrogens (tertiary/aromatic N) is 5. The lowest BCUT2D eigenvalue weighted by atomic mass is 9.90. The summed E-state index contributed by atoms with van der Waals surface area (Å²) in [6.07, 6.45) is 3.65. The van der Waals surface area contributed by atoms with Crippen LogP contribution in [0.1, 0.15) is 45.0 Å². The van der Waals surface area contributed by atoms with Crippen molar-refractivity contribution >= 4 is 5.91 Å². The van der Waals surface area contributed by atoms with E-state index in [1.165, 1.54) is 16.8 Å². The fraction of sp³-hybridized carbons (Fsp3) is 0.345. The van der Waals surface area contributed by atoms with Crippen LogP contribution in [-0.2, 0) is 39.4 Å². The third-order valence-electron chi connectivity index (χ3n) is 7.70. The van der Waals surface area contributed by atoms with Crippen molar-refractivity contribution in [3.8, 4) is 11.3 Å². The van der Waals surface area contributed by atoms with Gasteiger partial charge >= 0.3 is 0 Å². The van der Waals surface area contributed by atoms with E-state index in [1.807, 2.05) is 59.1 Å². The highest BCUT2D eigenvalue weighted by Crippen LogP contribution is 2.30. The predicted octanol–water partition coefficient (Wildman–Crippen LogP) is 4.26. The molecule has 2 aromatic carbocycles. The summed E-state index contributed by atoms with van der Waals surface area (Å²) in [4.78, 5) is 17.9. The molecule has 0 saturated carbocycles. The summed E-state index contributed by atoms with van der Waals surface area (Å²) in [6, 6.07) is 20.8. The maximum Gasteiger partial charge on any atom is 0.274 e. The van der Waals surface area contributed by atoms with Crippen molar-refractivity contribution in [1.29, 1.82) is 0 Å². The number of hydrogen-bond donors (Lipinski definition) is 0. The van der Waals surface area contributed by atoms with Gasteiger partial charge in [0.2, 0.25) is 0 Å². The van der Waals surface area contributed by atoms with E-state index in [0.29, 0.717) is 24.8 Å². The molecule has 1 atom stereocenters. The van der Waals surface area contributed by atoms with Crippen molar-refractivity contribution in [2.24, 2.45) is 7.05 Å². The smallest absolute Gasteiger partial charge is 0.274 e. The van der Waals surface area contributed by atoms with Gasteiger partial charge in [0.1, 0.15) is 0 Å². The number of rotatable bonds is 5. The number of carbonyl (C=O) groups excluding carboxylic acids is 1. The number of benzene rings is 2. The van der Waals surface area contributed by atoms with Crippen molar-refractivity contribution in [2.75, 3.05) is 13.6 Å². The van der Waals surface area contributed by atoms with Gasteiger partial charge in [-0.3, -0.25) is 14.4 Å². The second-order valence-electron chi connectivity index (χ2n) is 10.0. The van der Waals surface area contributed by atoms with Gasteiger partial charge in [-0.15, -0.1) is 0 Å². The van der Waals surface area contributed by atoms with Crippen LogP contribution in [0.25, 0.3) is 11.3 Å². The Kier molecular flexibility index (Phi) is 5.93. The zero-order valence-corrected chi connectivity index (χ0v) is 20.9. The first kappa shape index (κ1) is 22.7. The lowest BCUT2D eigenvalue weighted by molar-refractivity contribution is 0.0726. The highest BCUT2D eigenvalue weighted by atomic mass is 16.5. The Bertz CT molecular complexity index is 1390. The standard InChI is InChI=1S/C29H31N5O2/c1-32(19-23-16-27(36-31-23)21-9-4-3-5-10-21)24-12-13-26-25(17-24)28(30-33(26)2)29(35)34-15-14-20-8-6-7-11-22(20)18-34/h3-11,16,24H,12-15,17-19H2,1-2H3. The maximum absolute atomic E-state index is 13.6. The molecule has 4 aromatic rings. The summed E-state index contributed by atoms with van der Waals surface area (Å²) in [5.41, 5.74) is 7.44. The van der Waals surface area contributed by atoms with Crippen LogP contribution < -0.4 is 0 Å². The average Bonchev–Trinajstić information content (AvgIpc) is 3.52. The molecule has 2 aromatic heterocycles. The molecule has 7 heteroatoms. The molecular weight excluding hydrogens is 450 g/mol. The van der Waals surface area contributed by atoms with E-state index in [4.69, 9.17) is 9.62 Å². The number of carbonyl (C=O) groups is 1. The quantitative estimate of drug-likeness (QED) is 0.426. The van der Waals surface area contributed by atoms with E-state index < -0.39 is 0 Å². The summed E-state index contributed by atoms with van der Waals surface area (Å²) in [5, 5.41) is 9.02. The van der Waals surface area contributed by atoms with Gasteiger partial charge in [-0.1, -0.05) is 59.8 Å². The van der Waals surface area contributed by atoms with Gasteiger partial charge in [0.25, 0.3) is 5.91 Å². The fourth-order valence-electron chi connectivity index (χ4n) is 5.65. The van der Waals surface area contributed by atoms with Gasteiger partial charge in [0, 0.05) is 55.6 Å². The normalized spacial score (nSPS) is 17.2. The van der Waals surface area contributed by atoms with Crippen molar-refractivity contribution < 1.29 is 9.32 Å². The Labute approximate surface area is 211 Å². The summed E-state index contributed by atoms with van der Waals surface area (Å²) in [6.45, 7) is 2.09. The number of fused-ring (bicyclic) bond motifs is 2. The lowest BCUT2D eigenvalue weighted by Gasteiger charge is -2.32. The van der Waals surface area contributed by atoms with Gasteiger partial charge < -0.3 is 9.42 Å². The lowest BCUT2D eigenvalue weighted by Crippen LogP contribution is -2.39. The van der Waals surface area contributed by atoms with Crippen molar-refractivity contribution in [1.82, 2.24) is 24.7 Å². The molecule has 1 unspecified atom stereocenters. The summed E-state index contributed by atoms with van der Waals surface area (Å²) in [5.74, 6) is 0.835. The second-order valence-corrected chi connectivity index (χ2v) is 10.0.